The number of tetrazole rings is 1. The van der Waals surface area contributed by atoms with Gasteiger partial charge in [-0.2, -0.15) is 0 Å². The molecule has 1 aromatic heterocycles. The highest BCUT2D eigenvalue weighted by atomic mass is 35.5. The third-order valence-corrected chi connectivity index (χ3v) is 4.24. The minimum absolute atomic E-state index is 0.247. The lowest BCUT2D eigenvalue weighted by molar-refractivity contribution is 0.0449. The van der Waals surface area contributed by atoms with Crippen LogP contribution < -0.4 is 5.32 Å². The zero-order valence-electron chi connectivity index (χ0n) is 11.9. The normalized spacial score (nSPS) is 16.6. The molecule has 0 spiro atoms. The molecule has 2 N–H and O–H groups in total. The van der Waals surface area contributed by atoms with Crippen LogP contribution in [-0.4, -0.2) is 43.4 Å². The number of carbonyl (C=O) groups excluding carboxylic acids is 1. The van der Waals surface area contributed by atoms with E-state index in [1.165, 1.54) is 11.0 Å². The molecule has 0 radical (unpaired) electrons. The second kappa shape index (κ2) is 6.02. The fraction of sp³-hybridized carbons (Fsp3) is 0.429. The van der Waals surface area contributed by atoms with Crippen molar-refractivity contribution in [3.8, 4) is 5.69 Å². The maximum absolute atomic E-state index is 12.2. The van der Waals surface area contributed by atoms with Crippen molar-refractivity contribution in [3.63, 3.8) is 0 Å². The summed E-state index contributed by atoms with van der Waals surface area (Å²) in [4.78, 5) is 12.2. The lowest BCUT2D eigenvalue weighted by Gasteiger charge is -2.22. The molecule has 22 heavy (non-hydrogen) atoms. The van der Waals surface area contributed by atoms with Crippen LogP contribution in [0.2, 0.25) is 5.02 Å². The Hall–Kier alpha value is -1.99. The lowest BCUT2D eigenvalue weighted by Crippen LogP contribution is -2.40. The fourth-order valence-electron chi connectivity index (χ4n) is 2.66. The maximum atomic E-state index is 12.2. The molecule has 7 nitrogen and oxygen atoms in total. The van der Waals surface area contributed by atoms with E-state index in [0.29, 0.717) is 16.3 Å². The van der Waals surface area contributed by atoms with Gasteiger partial charge in [0.2, 0.25) is 0 Å². The van der Waals surface area contributed by atoms with E-state index in [1.807, 2.05) is 0 Å². The molecule has 0 aliphatic heterocycles. The van der Waals surface area contributed by atoms with E-state index in [-0.39, 0.29) is 12.5 Å². The zero-order chi connectivity index (χ0) is 15.6. The number of hydrogen-bond donors (Lipinski definition) is 2. The predicted octanol–water partition coefficient (Wildman–Crippen LogP) is 1.35. The Balaban J connectivity index is 1.70. The van der Waals surface area contributed by atoms with Crippen molar-refractivity contribution >= 4 is 17.5 Å². The van der Waals surface area contributed by atoms with Gasteiger partial charge in [-0.25, -0.2) is 4.68 Å². The Labute approximate surface area is 132 Å². The number of aromatic nitrogens is 4. The molecule has 1 aliphatic carbocycles. The van der Waals surface area contributed by atoms with E-state index in [9.17, 15) is 9.90 Å². The van der Waals surface area contributed by atoms with Gasteiger partial charge in [-0.15, -0.1) is 5.10 Å². The van der Waals surface area contributed by atoms with Crippen molar-refractivity contribution in [2.24, 2.45) is 0 Å². The Morgan fingerprint density at radius 1 is 1.41 bits per heavy atom. The van der Waals surface area contributed by atoms with Crippen LogP contribution in [0.1, 0.15) is 36.0 Å². The number of rotatable bonds is 4. The number of aliphatic hydroxyl groups is 1. The molecular formula is C14H16ClN5O2. The third-order valence-electron chi connectivity index (χ3n) is 3.92. The summed E-state index contributed by atoms with van der Waals surface area (Å²) in [7, 11) is 0. The van der Waals surface area contributed by atoms with Crippen LogP contribution in [0.15, 0.2) is 24.5 Å². The van der Waals surface area contributed by atoms with Crippen molar-refractivity contribution < 1.29 is 9.90 Å². The van der Waals surface area contributed by atoms with Crippen molar-refractivity contribution in [3.05, 3.63) is 35.1 Å². The number of benzene rings is 1. The molecule has 3 rings (SSSR count). The summed E-state index contributed by atoms with van der Waals surface area (Å²) in [6.45, 7) is 0.247. The van der Waals surface area contributed by atoms with Crippen LogP contribution in [0.25, 0.3) is 5.69 Å². The molecule has 8 heteroatoms. The van der Waals surface area contributed by atoms with Gasteiger partial charge in [0.25, 0.3) is 5.91 Å². The molecular weight excluding hydrogens is 306 g/mol. The molecule has 1 aliphatic rings. The van der Waals surface area contributed by atoms with Crippen LogP contribution in [0.4, 0.5) is 0 Å². The van der Waals surface area contributed by atoms with Gasteiger partial charge in [-0.3, -0.25) is 4.79 Å². The minimum atomic E-state index is -0.783. The summed E-state index contributed by atoms with van der Waals surface area (Å²) >= 11 is 6.17. The maximum Gasteiger partial charge on any atom is 0.252 e. The average Bonchev–Trinajstić information content (AvgIpc) is 3.17. The summed E-state index contributed by atoms with van der Waals surface area (Å²) < 4.78 is 1.45. The largest absolute Gasteiger partial charge is 0.388 e. The summed E-state index contributed by atoms with van der Waals surface area (Å²) in [5, 5.41) is 24.2. The van der Waals surface area contributed by atoms with E-state index >= 15 is 0 Å². The first-order valence-electron chi connectivity index (χ1n) is 7.11. The average molecular weight is 322 g/mol. The molecule has 1 aromatic carbocycles. The van der Waals surface area contributed by atoms with Gasteiger partial charge in [0.05, 0.1) is 21.9 Å². The van der Waals surface area contributed by atoms with E-state index in [4.69, 9.17) is 11.6 Å². The third kappa shape index (κ3) is 3.10. The highest BCUT2D eigenvalue weighted by molar-refractivity contribution is 6.34. The molecule has 0 saturated heterocycles. The quantitative estimate of drug-likeness (QED) is 0.886. The van der Waals surface area contributed by atoms with Gasteiger partial charge < -0.3 is 10.4 Å². The van der Waals surface area contributed by atoms with Crippen molar-refractivity contribution in [2.45, 2.75) is 31.3 Å². The first-order chi connectivity index (χ1) is 10.6. The first kappa shape index (κ1) is 14.9. The number of amides is 1. The highest BCUT2D eigenvalue weighted by Crippen LogP contribution is 2.28. The second-order valence-corrected chi connectivity index (χ2v) is 5.94. The lowest BCUT2D eigenvalue weighted by atomic mass is 10.0. The van der Waals surface area contributed by atoms with Gasteiger partial charge in [0.15, 0.2) is 0 Å². The Morgan fingerprint density at radius 2 is 2.18 bits per heavy atom. The second-order valence-electron chi connectivity index (χ2n) is 5.53. The number of nitrogens with one attached hydrogen (secondary N) is 1. The topological polar surface area (TPSA) is 92.9 Å². The Bertz CT molecular complexity index is 668. The number of hydrogen-bond acceptors (Lipinski definition) is 5. The van der Waals surface area contributed by atoms with Crippen molar-refractivity contribution in [1.82, 2.24) is 25.5 Å². The molecule has 1 saturated carbocycles. The molecule has 1 amide bonds. The molecule has 0 unspecified atom stereocenters. The Kier molecular flexibility index (Phi) is 4.08. The van der Waals surface area contributed by atoms with Crippen LogP contribution >= 0.6 is 11.6 Å². The van der Waals surface area contributed by atoms with E-state index in [2.05, 4.69) is 20.8 Å². The monoisotopic (exact) mass is 321 g/mol. The summed E-state index contributed by atoms with van der Waals surface area (Å²) in [5.41, 5.74) is 0.246. The SMILES string of the molecule is O=C(NCC1(O)CCCC1)c1ccc(-n2cnnn2)cc1Cl. The van der Waals surface area contributed by atoms with Gasteiger partial charge in [-0.05, 0) is 41.5 Å². The van der Waals surface area contributed by atoms with Gasteiger partial charge in [0.1, 0.15) is 6.33 Å². The van der Waals surface area contributed by atoms with Gasteiger partial charge >= 0.3 is 0 Å². The molecule has 2 aromatic rings. The summed E-state index contributed by atoms with van der Waals surface area (Å²) in [6, 6.07) is 4.95. The van der Waals surface area contributed by atoms with Crippen LogP contribution in [0.3, 0.4) is 0 Å². The zero-order valence-corrected chi connectivity index (χ0v) is 12.6. The Morgan fingerprint density at radius 3 is 2.82 bits per heavy atom. The molecule has 0 atom stereocenters. The molecule has 116 valence electrons. The standard InChI is InChI=1S/C14H16ClN5O2/c15-12-7-10(20-9-17-18-19-20)3-4-11(12)13(21)16-8-14(22)5-1-2-6-14/h3-4,7,9,22H,1-2,5-6,8H2,(H,16,21). The highest BCUT2D eigenvalue weighted by Gasteiger charge is 2.31. The number of halogens is 1. The summed E-state index contributed by atoms with van der Waals surface area (Å²) in [5.74, 6) is -0.298. The summed E-state index contributed by atoms with van der Waals surface area (Å²) in [6.07, 6.45) is 4.88. The van der Waals surface area contributed by atoms with Crippen molar-refractivity contribution in [1.29, 1.82) is 0 Å². The fourth-order valence-corrected chi connectivity index (χ4v) is 2.92. The predicted molar refractivity (Wildman–Crippen MR) is 79.9 cm³/mol. The van der Waals surface area contributed by atoms with Crippen LogP contribution in [0, 0.1) is 0 Å². The smallest absolute Gasteiger partial charge is 0.252 e. The number of nitrogens with zero attached hydrogens (tertiary/aromatic N) is 4. The first-order valence-corrected chi connectivity index (χ1v) is 7.49. The van der Waals surface area contributed by atoms with Gasteiger partial charge in [0, 0.05) is 6.54 Å². The van der Waals surface area contributed by atoms with E-state index in [1.54, 1.807) is 18.2 Å². The molecule has 1 fully saturated rings. The van der Waals surface area contributed by atoms with Gasteiger partial charge in [-0.1, -0.05) is 24.4 Å². The van der Waals surface area contributed by atoms with E-state index < -0.39 is 5.60 Å². The number of carbonyl (C=O) groups is 1. The van der Waals surface area contributed by atoms with Crippen LogP contribution in [-0.2, 0) is 0 Å². The van der Waals surface area contributed by atoms with E-state index in [0.717, 1.165) is 25.7 Å². The van der Waals surface area contributed by atoms with Crippen molar-refractivity contribution in [2.75, 3.05) is 6.54 Å². The minimum Gasteiger partial charge on any atom is -0.388 e. The molecule has 0 bridgehead atoms. The van der Waals surface area contributed by atoms with Crippen LogP contribution in [0.5, 0.6) is 0 Å². The molecule has 1 heterocycles.